The SMILES string of the molecule is C=CCC(N=C(/C=C(\N)C(=O)N(CCC)CC(C)C(C)CC)CCC)c1ccc(N)c(S)c1.CC(=O)C1=CCCC=C1. The Bertz CT molecular complexity index is 1150. The fraction of sp³-hybridized carbons (Fsp3) is 0.514. The molecular formula is C35H54N4O2S. The molecule has 4 N–H and O–H groups in total. The minimum absolute atomic E-state index is 0.110. The van der Waals surface area contributed by atoms with Crippen molar-refractivity contribution in [2.45, 2.75) is 97.4 Å². The van der Waals surface area contributed by atoms with Gasteiger partial charge in [0.15, 0.2) is 5.78 Å². The second-order valence-electron chi connectivity index (χ2n) is 11.1. The van der Waals surface area contributed by atoms with Gasteiger partial charge < -0.3 is 16.4 Å². The summed E-state index contributed by atoms with van der Waals surface area (Å²) in [5.41, 5.74) is 15.8. The zero-order valence-electron chi connectivity index (χ0n) is 26.7. The number of amides is 1. The Labute approximate surface area is 260 Å². The van der Waals surface area contributed by atoms with Crippen LogP contribution in [-0.4, -0.2) is 35.4 Å². The minimum Gasteiger partial charge on any atom is -0.398 e. The summed E-state index contributed by atoms with van der Waals surface area (Å²) in [5, 5.41) is 0. The van der Waals surface area contributed by atoms with Crippen LogP contribution in [0.25, 0.3) is 0 Å². The molecule has 0 saturated carbocycles. The van der Waals surface area contributed by atoms with Gasteiger partial charge in [-0.25, -0.2) is 0 Å². The monoisotopic (exact) mass is 594 g/mol. The Kier molecular flexibility index (Phi) is 17.6. The summed E-state index contributed by atoms with van der Waals surface area (Å²) in [7, 11) is 0. The van der Waals surface area contributed by atoms with Crippen molar-refractivity contribution in [3.8, 4) is 0 Å². The van der Waals surface area contributed by atoms with Crippen molar-refractivity contribution < 1.29 is 9.59 Å². The lowest BCUT2D eigenvalue weighted by Gasteiger charge is -2.28. The maximum absolute atomic E-state index is 13.2. The topological polar surface area (TPSA) is 102 Å². The largest absolute Gasteiger partial charge is 0.398 e. The smallest absolute Gasteiger partial charge is 0.269 e. The molecule has 0 heterocycles. The van der Waals surface area contributed by atoms with E-state index in [1.54, 1.807) is 13.0 Å². The molecule has 42 heavy (non-hydrogen) atoms. The zero-order valence-corrected chi connectivity index (χ0v) is 27.6. The summed E-state index contributed by atoms with van der Waals surface area (Å²) in [4.78, 5) is 31.5. The predicted molar refractivity (Wildman–Crippen MR) is 183 cm³/mol. The number of nitrogens with zero attached hydrogens (tertiary/aromatic N) is 2. The van der Waals surface area contributed by atoms with Crippen LogP contribution in [0.3, 0.4) is 0 Å². The van der Waals surface area contributed by atoms with Crippen LogP contribution in [0.15, 0.2) is 76.3 Å². The van der Waals surface area contributed by atoms with Crippen molar-refractivity contribution in [3.05, 3.63) is 72.0 Å². The van der Waals surface area contributed by atoms with Crippen molar-refractivity contribution in [3.63, 3.8) is 0 Å². The standard InChI is InChI=1S/C27H44N4OS.C8H10O/c1-7-11-22(30-25(12-8-2)21-13-14-23(28)26(33)16-21)17-24(29)27(32)31(15-9-3)18-20(6)19(5)10-4;1-7(9)8-5-3-2-4-6-8/h8,13-14,16-17,19-20,25,33H,2,7,9-12,15,18,28-29H2,1,3-6H3;3,5-6H,2,4H2,1H3/b24-17-,30-22?;. The fourth-order valence-corrected chi connectivity index (χ4v) is 4.82. The highest BCUT2D eigenvalue weighted by atomic mass is 32.1. The third kappa shape index (κ3) is 12.8. The molecule has 3 unspecified atom stereocenters. The van der Waals surface area contributed by atoms with E-state index in [4.69, 9.17) is 16.5 Å². The number of anilines is 1. The molecule has 0 aromatic heterocycles. The normalized spacial score (nSPS) is 15.5. The van der Waals surface area contributed by atoms with Crippen LogP contribution in [0.1, 0.15) is 98.1 Å². The van der Waals surface area contributed by atoms with E-state index >= 15 is 0 Å². The molecule has 0 aliphatic heterocycles. The lowest BCUT2D eigenvalue weighted by Crippen LogP contribution is -2.39. The molecule has 1 aliphatic rings. The highest BCUT2D eigenvalue weighted by Gasteiger charge is 2.21. The first-order valence-electron chi connectivity index (χ1n) is 15.4. The first-order valence-corrected chi connectivity index (χ1v) is 15.8. The molecule has 1 amide bonds. The number of ketones is 1. The summed E-state index contributed by atoms with van der Waals surface area (Å²) >= 11 is 4.45. The maximum atomic E-state index is 13.2. The summed E-state index contributed by atoms with van der Waals surface area (Å²) in [6, 6.07) is 5.62. The summed E-state index contributed by atoms with van der Waals surface area (Å²) in [6.45, 7) is 17.7. The average Bonchev–Trinajstić information content (AvgIpc) is 2.98. The molecule has 2 rings (SSSR count). The summed E-state index contributed by atoms with van der Waals surface area (Å²) in [6.07, 6.45) is 15.9. The summed E-state index contributed by atoms with van der Waals surface area (Å²) in [5.74, 6) is 1.03. The van der Waals surface area contributed by atoms with E-state index in [1.807, 2.05) is 47.4 Å². The van der Waals surface area contributed by atoms with Crippen molar-refractivity contribution in [2.24, 2.45) is 22.6 Å². The molecule has 0 spiro atoms. The third-order valence-corrected chi connectivity index (χ3v) is 7.92. The molecule has 6 nitrogen and oxygen atoms in total. The van der Waals surface area contributed by atoms with E-state index in [0.29, 0.717) is 37.0 Å². The van der Waals surface area contributed by atoms with Gasteiger partial charge in [0, 0.05) is 35.0 Å². The number of nitrogens with two attached hydrogens (primary N) is 2. The number of allylic oxidation sites excluding steroid dienone is 5. The average molecular weight is 595 g/mol. The Morgan fingerprint density at radius 1 is 1.14 bits per heavy atom. The van der Waals surface area contributed by atoms with Crippen LogP contribution >= 0.6 is 12.6 Å². The first kappa shape index (κ1) is 37.0. The number of carbonyl (C=O) groups excluding carboxylic acids is 2. The van der Waals surface area contributed by atoms with Gasteiger partial charge in [0.2, 0.25) is 0 Å². The molecule has 1 aromatic rings. The highest BCUT2D eigenvalue weighted by molar-refractivity contribution is 7.80. The Balaban J connectivity index is 0.000000827. The molecule has 232 valence electrons. The van der Waals surface area contributed by atoms with Gasteiger partial charge in [-0.1, -0.05) is 77.8 Å². The van der Waals surface area contributed by atoms with E-state index in [-0.39, 0.29) is 23.4 Å². The van der Waals surface area contributed by atoms with Gasteiger partial charge in [-0.3, -0.25) is 14.6 Å². The Morgan fingerprint density at radius 2 is 1.86 bits per heavy atom. The number of thiol groups is 1. The number of hydrogen-bond acceptors (Lipinski definition) is 6. The van der Waals surface area contributed by atoms with Crippen molar-refractivity contribution >= 4 is 35.7 Å². The van der Waals surface area contributed by atoms with E-state index in [2.05, 4.69) is 53.8 Å². The van der Waals surface area contributed by atoms with Gasteiger partial charge in [0.05, 0.1) is 11.7 Å². The predicted octanol–water partition coefficient (Wildman–Crippen LogP) is 8.03. The first-order chi connectivity index (χ1) is 20.0. The number of nitrogen functional groups attached to an aromatic ring is 1. The minimum atomic E-state index is -0.133. The van der Waals surface area contributed by atoms with E-state index in [1.165, 1.54) is 0 Å². The van der Waals surface area contributed by atoms with Crippen LogP contribution < -0.4 is 11.5 Å². The second kappa shape index (κ2) is 20.0. The molecule has 1 aromatic carbocycles. The van der Waals surface area contributed by atoms with Crippen molar-refractivity contribution in [2.75, 3.05) is 18.8 Å². The van der Waals surface area contributed by atoms with Gasteiger partial charge >= 0.3 is 0 Å². The van der Waals surface area contributed by atoms with Crippen molar-refractivity contribution in [1.82, 2.24) is 4.90 Å². The molecule has 0 bridgehead atoms. The van der Waals surface area contributed by atoms with Crippen LogP contribution in [0.2, 0.25) is 0 Å². The highest BCUT2D eigenvalue weighted by Crippen LogP contribution is 2.28. The van der Waals surface area contributed by atoms with Gasteiger partial charge in [-0.05, 0) is 74.6 Å². The number of Topliss-reactive ketones (excluding diaryl/α,β-unsaturated/α-hetero) is 1. The maximum Gasteiger partial charge on any atom is 0.269 e. The quantitative estimate of drug-likeness (QED) is 0.0629. The number of aliphatic imine (C=N–C) groups is 1. The van der Waals surface area contributed by atoms with Crippen LogP contribution in [0.5, 0.6) is 0 Å². The van der Waals surface area contributed by atoms with Crippen molar-refractivity contribution in [1.29, 1.82) is 0 Å². The third-order valence-electron chi connectivity index (χ3n) is 7.53. The molecule has 3 atom stereocenters. The van der Waals surface area contributed by atoms with Gasteiger partial charge in [-0.15, -0.1) is 19.2 Å². The molecule has 0 radical (unpaired) electrons. The van der Waals surface area contributed by atoms with Crippen LogP contribution in [-0.2, 0) is 9.59 Å². The number of carbonyl (C=O) groups is 2. The number of hydrogen-bond donors (Lipinski definition) is 3. The number of rotatable bonds is 15. The van der Waals surface area contributed by atoms with Gasteiger partial charge in [0.1, 0.15) is 0 Å². The lowest BCUT2D eigenvalue weighted by atomic mass is 9.93. The van der Waals surface area contributed by atoms with Crippen LogP contribution in [0.4, 0.5) is 5.69 Å². The molecular weight excluding hydrogens is 540 g/mol. The van der Waals surface area contributed by atoms with E-state index < -0.39 is 0 Å². The molecule has 0 fully saturated rings. The van der Waals surface area contributed by atoms with E-state index in [0.717, 1.165) is 60.3 Å². The van der Waals surface area contributed by atoms with Crippen LogP contribution in [0, 0.1) is 11.8 Å². The molecule has 1 aliphatic carbocycles. The van der Waals surface area contributed by atoms with E-state index in [9.17, 15) is 9.59 Å². The Morgan fingerprint density at radius 3 is 2.36 bits per heavy atom. The van der Waals surface area contributed by atoms with Gasteiger partial charge in [-0.2, -0.15) is 0 Å². The summed E-state index contributed by atoms with van der Waals surface area (Å²) < 4.78 is 0. The van der Waals surface area contributed by atoms with Gasteiger partial charge in [0.25, 0.3) is 5.91 Å². The molecule has 7 heteroatoms. The number of benzene rings is 1. The fourth-order valence-electron chi connectivity index (χ4n) is 4.59. The second-order valence-corrected chi connectivity index (χ2v) is 11.6. The zero-order chi connectivity index (χ0) is 31.7. The Hall–Kier alpha value is -3.06. The molecule has 0 saturated heterocycles. The lowest BCUT2D eigenvalue weighted by molar-refractivity contribution is -0.128.